The van der Waals surface area contributed by atoms with Crippen LogP contribution < -0.4 is 5.43 Å². The van der Waals surface area contributed by atoms with E-state index in [0.29, 0.717) is 5.56 Å². The number of aromatic nitrogens is 1. The van der Waals surface area contributed by atoms with E-state index in [1.54, 1.807) is 36.7 Å². The van der Waals surface area contributed by atoms with E-state index < -0.39 is 4.92 Å². The minimum absolute atomic E-state index is 0.0199. The van der Waals surface area contributed by atoms with Crippen LogP contribution in [0.3, 0.4) is 0 Å². The van der Waals surface area contributed by atoms with Gasteiger partial charge in [-0.05, 0) is 11.6 Å². The Morgan fingerprint density at radius 1 is 1.38 bits per heavy atom. The van der Waals surface area contributed by atoms with Gasteiger partial charge in [0, 0.05) is 30.1 Å². The summed E-state index contributed by atoms with van der Waals surface area (Å²) in [6.45, 7) is 0. The molecule has 0 unspecified atom stereocenters. The Hall–Kier alpha value is -3.09. The lowest BCUT2D eigenvalue weighted by Crippen LogP contribution is -2.19. The predicted molar refractivity (Wildman–Crippen MR) is 76.8 cm³/mol. The Morgan fingerprint density at radius 3 is 2.95 bits per heavy atom. The first-order chi connectivity index (χ1) is 10.1. The molecule has 7 nitrogen and oxygen atoms in total. The number of hydrazone groups is 1. The minimum Gasteiger partial charge on any atom is -0.273 e. The van der Waals surface area contributed by atoms with Crippen molar-refractivity contribution in [2.24, 2.45) is 5.10 Å². The van der Waals surface area contributed by atoms with Gasteiger partial charge in [0.25, 0.3) is 5.69 Å². The number of hydrogen-bond donors (Lipinski definition) is 1. The fourth-order valence-electron chi connectivity index (χ4n) is 1.64. The van der Waals surface area contributed by atoms with Gasteiger partial charge in [0.05, 0.1) is 17.6 Å². The molecule has 0 aliphatic carbocycles. The van der Waals surface area contributed by atoms with Crippen molar-refractivity contribution in [2.75, 3.05) is 0 Å². The first kappa shape index (κ1) is 14.3. The largest absolute Gasteiger partial charge is 0.273 e. The molecule has 7 heteroatoms. The summed E-state index contributed by atoms with van der Waals surface area (Å²) < 4.78 is 0. The maximum absolute atomic E-state index is 11.7. The summed E-state index contributed by atoms with van der Waals surface area (Å²) in [6, 6.07) is 9.49. The van der Waals surface area contributed by atoms with Crippen LogP contribution in [-0.2, 0) is 11.2 Å². The van der Waals surface area contributed by atoms with Crippen molar-refractivity contribution >= 4 is 17.8 Å². The second-order valence-electron chi connectivity index (χ2n) is 4.18. The molecule has 0 radical (unpaired) electrons. The fraction of sp³-hybridized carbons (Fsp3) is 0.0714. The number of hydrogen-bond acceptors (Lipinski definition) is 5. The number of nitrogens with one attached hydrogen (secondary N) is 1. The maximum atomic E-state index is 11.7. The first-order valence-corrected chi connectivity index (χ1v) is 6.10. The molecule has 0 bridgehead atoms. The van der Waals surface area contributed by atoms with Crippen molar-refractivity contribution in [1.29, 1.82) is 0 Å². The number of carbonyl (C=O) groups excluding carboxylic acids is 1. The quantitative estimate of drug-likeness (QED) is 0.513. The van der Waals surface area contributed by atoms with Crippen LogP contribution in [0.15, 0.2) is 53.9 Å². The summed E-state index contributed by atoms with van der Waals surface area (Å²) in [5.41, 5.74) is 3.63. The van der Waals surface area contributed by atoms with Gasteiger partial charge in [-0.2, -0.15) is 5.10 Å². The zero-order valence-electron chi connectivity index (χ0n) is 11.0. The van der Waals surface area contributed by atoms with Gasteiger partial charge in [-0.25, -0.2) is 5.43 Å². The molecule has 21 heavy (non-hydrogen) atoms. The molecule has 2 rings (SSSR count). The number of amides is 1. The molecule has 1 aromatic heterocycles. The third kappa shape index (κ3) is 4.50. The molecule has 0 spiro atoms. The average molecular weight is 284 g/mol. The van der Waals surface area contributed by atoms with Crippen LogP contribution in [0.2, 0.25) is 0 Å². The van der Waals surface area contributed by atoms with Gasteiger partial charge in [0.15, 0.2) is 0 Å². The van der Waals surface area contributed by atoms with Crippen LogP contribution in [0.5, 0.6) is 0 Å². The number of carbonyl (C=O) groups is 1. The summed E-state index contributed by atoms with van der Waals surface area (Å²) in [6.07, 6.45) is 4.73. The normalized spacial score (nSPS) is 10.5. The topological polar surface area (TPSA) is 97.5 Å². The van der Waals surface area contributed by atoms with Gasteiger partial charge in [-0.3, -0.25) is 19.9 Å². The number of nitrogens with zero attached hydrogens (tertiary/aromatic N) is 3. The van der Waals surface area contributed by atoms with E-state index in [1.807, 2.05) is 0 Å². The molecule has 0 atom stereocenters. The van der Waals surface area contributed by atoms with Crippen molar-refractivity contribution in [2.45, 2.75) is 6.42 Å². The van der Waals surface area contributed by atoms with E-state index >= 15 is 0 Å². The number of benzene rings is 1. The Kier molecular flexibility index (Phi) is 4.70. The fourth-order valence-corrected chi connectivity index (χ4v) is 1.64. The zero-order valence-corrected chi connectivity index (χ0v) is 11.0. The van der Waals surface area contributed by atoms with Gasteiger partial charge in [0.2, 0.25) is 5.91 Å². The van der Waals surface area contributed by atoms with Crippen LogP contribution in [-0.4, -0.2) is 22.0 Å². The molecule has 1 N–H and O–H groups in total. The Balaban J connectivity index is 1.91. The van der Waals surface area contributed by atoms with E-state index in [1.165, 1.54) is 18.3 Å². The minimum atomic E-state index is -0.498. The third-order valence-electron chi connectivity index (χ3n) is 2.57. The second kappa shape index (κ2) is 6.90. The highest BCUT2D eigenvalue weighted by Crippen LogP contribution is 2.13. The second-order valence-corrected chi connectivity index (χ2v) is 4.18. The Bertz CT molecular complexity index is 671. The van der Waals surface area contributed by atoms with Crippen LogP contribution in [0.25, 0.3) is 0 Å². The first-order valence-electron chi connectivity index (χ1n) is 6.10. The predicted octanol–water partition coefficient (Wildman–Crippen LogP) is 1.68. The molecule has 0 fully saturated rings. The van der Waals surface area contributed by atoms with Gasteiger partial charge >= 0.3 is 0 Å². The highest BCUT2D eigenvalue weighted by molar-refractivity contribution is 5.83. The maximum Gasteiger partial charge on any atom is 0.269 e. The molecule has 1 aromatic carbocycles. The van der Waals surface area contributed by atoms with Crippen LogP contribution in [0, 0.1) is 10.1 Å². The summed E-state index contributed by atoms with van der Waals surface area (Å²) in [4.78, 5) is 25.7. The highest BCUT2D eigenvalue weighted by Gasteiger charge is 2.08. The molecule has 0 saturated carbocycles. The van der Waals surface area contributed by atoms with E-state index in [0.717, 1.165) is 5.56 Å². The van der Waals surface area contributed by atoms with Crippen LogP contribution >= 0.6 is 0 Å². The van der Waals surface area contributed by atoms with Crippen LogP contribution in [0.4, 0.5) is 5.69 Å². The third-order valence-corrected chi connectivity index (χ3v) is 2.57. The van der Waals surface area contributed by atoms with Gasteiger partial charge < -0.3 is 0 Å². The summed E-state index contributed by atoms with van der Waals surface area (Å²) in [5.74, 6) is -0.351. The molecule has 1 heterocycles. The van der Waals surface area contributed by atoms with Crippen molar-refractivity contribution in [3.05, 3.63) is 70.0 Å². The molecule has 2 aromatic rings. The molecular formula is C14H12N4O3. The van der Waals surface area contributed by atoms with Crippen molar-refractivity contribution < 1.29 is 9.72 Å². The van der Waals surface area contributed by atoms with Crippen molar-refractivity contribution in [3.8, 4) is 0 Å². The Labute approximate surface area is 120 Å². The lowest BCUT2D eigenvalue weighted by Gasteiger charge is -2.00. The van der Waals surface area contributed by atoms with E-state index in [4.69, 9.17) is 0 Å². The zero-order chi connectivity index (χ0) is 15.1. The average Bonchev–Trinajstić information content (AvgIpc) is 2.48. The number of pyridine rings is 1. The highest BCUT2D eigenvalue weighted by atomic mass is 16.6. The monoisotopic (exact) mass is 284 g/mol. The van der Waals surface area contributed by atoms with E-state index in [9.17, 15) is 14.9 Å². The Morgan fingerprint density at radius 2 is 2.24 bits per heavy atom. The van der Waals surface area contributed by atoms with Crippen LogP contribution in [0.1, 0.15) is 11.1 Å². The smallest absolute Gasteiger partial charge is 0.269 e. The van der Waals surface area contributed by atoms with Gasteiger partial charge in [-0.1, -0.05) is 18.2 Å². The molecule has 106 valence electrons. The summed E-state index contributed by atoms with van der Waals surface area (Å²) in [7, 11) is 0. The van der Waals surface area contributed by atoms with E-state index in [2.05, 4.69) is 15.5 Å². The lowest BCUT2D eigenvalue weighted by molar-refractivity contribution is -0.384. The van der Waals surface area contributed by atoms with Crippen molar-refractivity contribution in [3.63, 3.8) is 0 Å². The number of nitro benzene ring substituents is 1. The summed E-state index contributed by atoms with van der Waals surface area (Å²) >= 11 is 0. The van der Waals surface area contributed by atoms with Gasteiger partial charge in [-0.15, -0.1) is 0 Å². The molecule has 0 aliphatic rings. The molecule has 1 amide bonds. The van der Waals surface area contributed by atoms with E-state index in [-0.39, 0.29) is 18.0 Å². The number of rotatable bonds is 5. The lowest BCUT2D eigenvalue weighted by atomic mass is 10.1. The SMILES string of the molecule is O=C(Cc1cccc([N+](=O)[O-])c1)NN=Cc1cccnc1. The number of nitro groups is 1. The standard InChI is InChI=1S/C14H12N4O3/c19-14(17-16-10-12-4-2-6-15-9-12)8-11-3-1-5-13(7-11)18(20)21/h1-7,9-10H,8H2,(H,17,19). The molecule has 0 aliphatic heterocycles. The molecular weight excluding hydrogens is 272 g/mol. The molecule has 0 saturated heterocycles. The van der Waals surface area contributed by atoms with Gasteiger partial charge in [0.1, 0.15) is 0 Å². The summed E-state index contributed by atoms with van der Waals surface area (Å²) in [5, 5.41) is 14.4. The van der Waals surface area contributed by atoms with Crippen molar-refractivity contribution in [1.82, 2.24) is 10.4 Å². The number of non-ortho nitro benzene ring substituents is 1.